The quantitative estimate of drug-likeness (QED) is 0.320. The first-order valence-corrected chi connectivity index (χ1v) is 3.83. The molecular formula is C9H10O5. The van der Waals surface area contributed by atoms with Crippen LogP contribution in [0.25, 0.3) is 0 Å². The van der Waals surface area contributed by atoms with E-state index in [1.165, 1.54) is 7.11 Å². The number of hydrogen-bond donors (Lipinski definition) is 0. The van der Waals surface area contributed by atoms with E-state index in [1.807, 2.05) is 0 Å². The van der Waals surface area contributed by atoms with Crippen LogP contribution in [-0.2, 0) is 9.78 Å². The van der Waals surface area contributed by atoms with E-state index in [4.69, 9.17) is 9.47 Å². The van der Waals surface area contributed by atoms with E-state index >= 15 is 0 Å². The van der Waals surface area contributed by atoms with Gasteiger partial charge in [0.2, 0.25) is 0 Å². The minimum atomic E-state index is -0.919. The van der Waals surface area contributed by atoms with Gasteiger partial charge in [0.25, 0.3) is 0 Å². The first-order valence-electron chi connectivity index (χ1n) is 3.83. The first-order chi connectivity index (χ1) is 6.76. The van der Waals surface area contributed by atoms with Gasteiger partial charge in [0.05, 0.1) is 14.2 Å². The van der Waals surface area contributed by atoms with Gasteiger partial charge in [-0.2, -0.15) is 4.89 Å². The van der Waals surface area contributed by atoms with Gasteiger partial charge in [-0.05, 0) is 24.3 Å². The van der Waals surface area contributed by atoms with Gasteiger partial charge in [-0.1, -0.05) is 0 Å². The number of rotatable bonds is 3. The van der Waals surface area contributed by atoms with E-state index < -0.39 is 6.16 Å². The molecule has 0 fully saturated rings. The highest BCUT2D eigenvalue weighted by Crippen LogP contribution is 2.17. The molecule has 0 saturated carbocycles. The summed E-state index contributed by atoms with van der Waals surface area (Å²) >= 11 is 0. The first kappa shape index (κ1) is 10.3. The predicted octanol–water partition coefficient (Wildman–Crippen LogP) is 1.77. The molecule has 1 rings (SSSR count). The van der Waals surface area contributed by atoms with Gasteiger partial charge in [-0.3, -0.25) is 4.89 Å². The summed E-state index contributed by atoms with van der Waals surface area (Å²) in [6, 6.07) is 6.48. The van der Waals surface area contributed by atoms with Crippen LogP contribution in [0.15, 0.2) is 24.3 Å². The van der Waals surface area contributed by atoms with Gasteiger partial charge in [0.1, 0.15) is 11.5 Å². The summed E-state index contributed by atoms with van der Waals surface area (Å²) < 4.78 is 9.64. The van der Waals surface area contributed by atoms with Gasteiger partial charge in [0.15, 0.2) is 0 Å². The predicted molar refractivity (Wildman–Crippen MR) is 47.1 cm³/mol. The molecule has 0 heterocycles. The highest BCUT2D eigenvalue weighted by molar-refractivity contribution is 5.63. The minimum absolute atomic E-state index is 0.354. The minimum Gasteiger partial charge on any atom is -0.497 e. The molecular weight excluding hydrogens is 188 g/mol. The zero-order valence-corrected chi connectivity index (χ0v) is 7.85. The number of carbonyl (C=O) groups excluding carboxylic acids is 1. The molecule has 1 aromatic rings. The smallest absolute Gasteiger partial charge is 0.497 e. The van der Waals surface area contributed by atoms with Gasteiger partial charge in [-0.15, -0.1) is 0 Å². The third kappa shape index (κ3) is 2.95. The summed E-state index contributed by atoms with van der Waals surface area (Å²) in [6.45, 7) is 0. The molecule has 5 heteroatoms. The topological polar surface area (TPSA) is 54.0 Å². The third-order valence-corrected chi connectivity index (χ3v) is 1.41. The SMILES string of the molecule is COOC(=O)Oc1ccc(OC)cc1. The van der Waals surface area contributed by atoms with Crippen molar-refractivity contribution >= 4 is 6.16 Å². The van der Waals surface area contributed by atoms with Crippen LogP contribution in [-0.4, -0.2) is 20.4 Å². The maximum atomic E-state index is 10.8. The summed E-state index contributed by atoms with van der Waals surface area (Å²) in [7, 11) is 2.77. The molecule has 0 amide bonds. The Morgan fingerprint density at radius 2 is 1.64 bits per heavy atom. The number of carbonyl (C=O) groups is 1. The average molecular weight is 198 g/mol. The normalized spacial score (nSPS) is 9.29. The van der Waals surface area contributed by atoms with E-state index in [0.717, 1.165) is 0 Å². The van der Waals surface area contributed by atoms with Gasteiger partial charge >= 0.3 is 6.16 Å². The fourth-order valence-electron chi connectivity index (χ4n) is 0.825. The lowest BCUT2D eigenvalue weighted by atomic mass is 10.3. The van der Waals surface area contributed by atoms with E-state index in [-0.39, 0.29) is 0 Å². The highest BCUT2D eigenvalue weighted by atomic mass is 17.2. The second-order valence-electron chi connectivity index (χ2n) is 2.28. The molecule has 14 heavy (non-hydrogen) atoms. The molecule has 0 spiro atoms. The molecule has 5 nitrogen and oxygen atoms in total. The van der Waals surface area contributed by atoms with Gasteiger partial charge in [0, 0.05) is 0 Å². The molecule has 0 radical (unpaired) electrons. The molecule has 0 saturated heterocycles. The molecule has 0 aliphatic heterocycles. The lowest BCUT2D eigenvalue weighted by molar-refractivity contribution is -0.224. The van der Waals surface area contributed by atoms with Gasteiger partial charge in [-0.25, -0.2) is 4.79 Å². The molecule has 0 atom stereocenters. The van der Waals surface area contributed by atoms with Crippen molar-refractivity contribution in [3.8, 4) is 11.5 Å². The van der Waals surface area contributed by atoms with E-state index in [1.54, 1.807) is 31.4 Å². The Morgan fingerprint density at radius 3 is 2.14 bits per heavy atom. The van der Waals surface area contributed by atoms with Crippen molar-refractivity contribution in [1.82, 2.24) is 0 Å². The molecule has 76 valence electrons. The number of ether oxygens (including phenoxy) is 2. The van der Waals surface area contributed by atoms with Crippen LogP contribution in [0.3, 0.4) is 0 Å². The van der Waals surface area contributed by atoms with E-state index in [9.17, 15) is 4.79 Å². The van der Waals surface area contributed by atoms with Crippen LogP contribution in [0.2, 0.25) is 0 Å². The van der Waals surface area contributed by atoms with Crippen molar-refractivity contribution in [1.29, 1.82) is 0 Å². The maximum Gasteiger partial charge on any atom is 0.546 e. The Kier molecular flexibility index (Phi) is 3.75. The van der Waals surface area contributed by atoms with Crippen LogP contribution in [0.4, 0.5) is 4.79 Å². The van der Waals surface area contributed by atoms with Crippen LogP contribution < -0.4 is 9.47 Å². The monoisotopic (exact) mass is 198 g/mol. The molecule has 0 N–H and O–H groups in total. The Morgan fingerprint density at radius 1 is 1.07 bits per heavy atom. The summed E-state index contributed by atoms with van der Waals surface area (Å²) in [6.07, 6.45) is -0.919. The van der Waals surface area contributed by atoms with E-state index in [2.05, 4.69) is 9.78 Å². The molecule has 0 bridgehead atoms. The zero-order valence-electron chi connectivity index (χ0n) is 7.85. The molecule has 0 aromatic heterocycles. The Hall–Kier alpha value is -1.75. The number of methoxy groups -OCH3 is 1. The van der Waals surface area contributed by atoms with Crippen molar-refractivity contribution < 1.29 is 24.0 Å². The second kappa shape index (κ2) is 5.08. The Balaban J connectivity index is 2.55. The lowest BCUT2D eigenvalue weighted by Gasteiger charge is -2.03. The van der Waals surface area contributed by atoms with Crippen LogP contribution >= 0.6 is 0 Å². The third-order valence-electron chi connectivity index (χ3n) is 1.41. The summed E-state index contributed by atoms with van der Waals surface area (Å²) in [5, 5.41) is 0. The van der Waals surface area contributed by atoms with Crippen molar-refractivity contribution in [2.45, 2.75) is 0 Å². The zero-order chi connectivity index (χ0) is 10.4. The standard InChI is InChI=1S/C9H10O5/c1-11-7-3-5-8(6-4-7)13-9(10)14-12-2/h3-6H,1-2H3. The van der Waals surface area contributed by atoms with Crippen molar-refractivity contribution in [3.05, 3.63) is 24.3 Å². The summed E-state index contributed by atoms with van der Waals surface area (Å²) in [5.41, 5.74) is 0. The van der Waals surface area contributed by atoms with Crippen LogP contribution in [0.5, 0.6) is 11.5 Å². The highest BCUT2D eigenvalue weighted by Gasteiger charge is 2.05. The fourth-order valence-corrected chi connectivity index (χ4v) is 0.825. The van der Waals surface area contributed by atoms with Crippen molar-refractivity contribution in [2.75, 3.05) is 14.2 Å². The second-order valence-corrected chi connectivity index (χ2v) is 2.28. The maximum absolute atomic E-state index is 10.8. The molecule has 1 aromatic carbocycles. The molecule has 0 aliphatic carbocycles. The summed E-state index contributed by atoms with van der Waals surface area (Å²) in [5.74, 6) is 1.03. The Labute approximate surface area is 81.1 Å². The Bertz CT molecular complexity index is 293. The number of benzene rings is 1. The van der Waals surface area contributed by atoms with Crippen molar-refractivity contribution in [3.63, 3.8) is 0 Å². The number of hydrogen-bond acceptors (Lipinski definition) is 5. The fraction of sp³-hybridized carbons (Fsp3) is 0.222. The average Bonchev–Trinajstić information content (AvgIpc) is 2.19. The van der Waals surface area contributed by atoms with Crippen LogP contribution in [0.1, 0.15) is 0 Å². The largest absolute Gasteiger partial charge is 0.546 e. The molecule has 0 unspecified atom stereocenters. The lowest BCUT2D eigenvalue weighted by Crippen LogP contribution is -2.09. The summed E-state index contributed by atoms with van der Waals surface area (Å²) in [4.78, 5) is 19.0. The van der Waals surface area contributed by atoms with Crippen molar-refractivity contribution in [2.24, 2.45) is 0 Å². The van der Waals surface area contributed by atoms with E-state index in [0.29, 0.717) is 11.5 Å². The van der Waals surface area contributed by atoms with Crippen LogP contribution in [0, 0.1) is 0 Å². The van der Waals surface area contributed by atoms with Gasteiger partial charge < -0.3 is 9.47 Å². The molecule has 0 aliphatic rings.